The number of benzene rings is 1. The number of methoxy groups -OCH3 is 1. The fourth-order valence-corrected chi connectivity index (χ4v) is 7.33. The largest absolute Gasteiger partial charge is 0.465 e. The van der Waals surface area contributed by atoms with Gasteiger partial charge in [-0.15, -0.1) is 11.3 Å². The number of carbonyl (C=O) groups excluding carboxylic acids is 3. The Balaban J connectivity index is 1.49. The number of nitrogens with one attached hydrogen (secondary N) is 2. The maximum Gasteiger partial charge on any atom is 0.337 e. The Hall–Kier alpha value is -2.71. The minimum Gasteiger partial charge on any atom is -0.465 e. The molecule has 2 unspecified atom stereocenters. The minimum absolute atomic E-state index is 0.0259. The highest BCUT2D eigenvalue weighted by molar-refractivity contribution is 7.91. The van der Waals surface area contributed by atoms with E-state index in [0.29, 0.717) is 22.2 Å². The molecule has 2 aliphatic rings. The number of carbonyl (C=O) groups is 3. The summed E-state index contributed by atoms with van der Waals surface area (Å²) in [6.07, 6.45) is 1.59. The van der Waals surface area contributed by atoms with E-state index >= 15 is 0 Å². The van der Waals surface area contributed by atoms with Crippen molar-refractivity contribution in [3.8, 4) is 0 Å². The van der Waals surface area contributed by atoms with Crippen LogP contribution in [0.15, 0.2) is 40.6 Å². The quantitative estimate of drug-likeness (QED) is 0.488. The van der Waals surface area contributed by atoms with Crippen LogP contribution in [-0.4, -0.2) is 87.6 Å². The van der Waals surface area contributed by atoms with Crippen molar-refractivity contribution < 1.29 is 32.3 Å². The van der Waals surface area contributed by atoms with Crippen molar-refractivity contribution in [1.29, 1.82) is 0 Å². The molecule has 14 heteroatoms. The first kappa shape index (κ1) is 27.3. The third kappa shape index (κ3) is 6.41. The van der Waals surface area contributed by atoms with Gasteiger partial charge in [-0.1, -0.05) is 11.6 Å². The molecule has 3 heterocycles. The number of nitrogens with zero attached hydrogens (tertiary/aromatic N) is 2. The second-order valence-electron chi connectivity index (χ2n) is 8.52. The Bertz CT molecular complexity index is 1250. The molecule has 200 valence electrons. The number of esters is 1. The Morgan fingerprint density at radius 1 is 1.16 bits per heavy atom. The molecule has 0 aliphatic carbocycles. The predicted octanol–water partition coefficient (Wildman–Crippen LogP) is 2.39. The number of halogens is 1. The zero-order valence-electron chi connectivity index (χ0n) is 20.0. The molecule has 4 rings (SSSR count). The molecule has 2 atom stereocenters. The van der Waals surface area contributed by atoms with Crippen LogP contribution in [0, 0.1) is 0 Å². The van der Waals surface area contributed by atoms with Crippen molar-refractivity contribution in [1.82, 2.24) is 14.5 Å². The van der Waals surface area contributed by atoms with Gasteiger partial charge in [-0.3, -0.25) is 4.79 Å². The number of sulfonamides is 1. The highest BCUT2D eigenvalue weighted by atomic mass is 35.5. The Morgan fingerprint density at radius 3 is 2.54 bits per heavy atom. The lowest BCUT2D eigenvalue weighted by atomic mass is 10.2. The summed E-state index contributed by atoms with van der Waals surface area (Å²) in [5.41, 5.74) is 0.760. The number of thiophene rings is 1. The summed E-state index contributed by atoms with van der Waals surface area (Å²) in [5.74, 6) is -1.01. The van der Waals surface area contributed by atoms with Crippen molar-refractivity contribution in [2.45, 2.75) is 29.2 Å². The Morgan fingerprint density at radius 2 is 1.92 bits per heavy atom. The van der Waals surface area contributed by atoms with Crippen LogP contribution in [0.3, 0.4) is 0 Å². The summed E-state index contributed by atoms with van der Waals surface area (Å²) in [5, 5.41) is 5.51. The van der Waals surface area contributed by atoms with Gasteiger partial charge in [0.25, 0.3) is 10.0 Å². The molecular formula is C23H27ClN4O7S2. The van der Waals surface area contributed by atoms with E-state index in [1.54, 1.807) is 12.1 Å². The Kier molecular flexibility index (Phi) is 8.70. The average Bonchev–Trinajstić information content (AvgIpc) is 3.59. The van der Waals surface area contributed by atoms with Gasteiger partial charge in [-0.25, -0.2) is 18.0 Å². The molecule has 1 aromatic heterocycles. The number of hydrogen-bond donors (Lipinski definition) is 2. The van der Waals surface area contributed by atoms with Crippen LogP contribution in [0.2, 0.25) is 4.34 Å². The summed E-state index contributed by atoms with van der Waals surface area (Å²) in [6.45, 7) is 0.719. The van der Waals surface area contributed by atoms with E-state index in [0.717, 1.165) is 28.5 Å². The van der Waals surface area contributed by atoms with Gasteiger partial charge in [-0.2, -0.15) is 4.31 Å². The highest BCUT2D eigenvalue weighted by Gasteiger charge is 2.42. The predicted molar refractivity (Wildman–Crippen MR) is 137 cm³/mol. The first-order chi connectivity index (χ1) is 17.7. The van der Waals surface area contributed by atoms with Crippen LogP contribution < -0.4 is 10.6 Å². The number of ether oxygens (including phenoxy) is 2. The summed E-state index contributed by atoms with van der Waals surface area (Å²) in [6, 6.07) is 7.38. The van der Waals surface area contributed by atoms with Crippen LogP contribution in [0.5, 0.6) is 0 Å². The van der Waals surface area contributed by atoms with E-state index in [-0.39, 0.29) is 36.5 Å². The van der Waals surface area contributed by atoms with Crippen LogP contribution in [0.1, 0.15) is 23.2 Å². The molecule has 0 bridgehead atoms. The van der Waals surface area contributed by atoms with Crippen molar-refractivity contribution >= 4 is 56.6 Å². The average molecular weight is 571 g/mol. The standard InChI is InChI=1S/C23H27ClN4O7S2/c1-34-22(30)15-4-6-16(7-5-15)26-23(31)27-10-11-28(37(32,33)20-9-8-19(24)36-20)18(14-27)21(29)25-13-17-3-2-12-35-17/h4-9,17-18H,2-3,10-14H2,1H3,(H,25,29)(H,26,31). The lowest BCUT2D eigenvalue weighted by molar-refractivity contribution is -0.126. The highest BCUT2D eigenvalue weighted by Crippen LogP contribution is 2.30. The third-order valence-electron chi connectivity index (χ3n) is 6.12. The zero-order valence-corrected chi connectivity index (χ0v) is 22.4. The van der Waals surface area contributed by atoms with E-state index in [9.17, 15) is 22.8 Å². The molecule has 0 radical (unpaired) electrons. The molecule has 3 amide bonds. The van der Waals surface area contributed by atoms with Gasteiger partial charge < -0.3 is 25.0 Å². The van der Waals surface area contributed by atoms with Gasteiger partial charge in [0.15, 0.2) is 0 Å². The van der Waals surface area contributed by atoms with Crippen molar-refractivity contribution in [3.05, 3.63) is 46.3 Å². The monoisotopic (exact) mass is 570 g/mol. The van der Waals surface area contributed by atoms with Gasteiger partial charge in [0.2, 0.25) is 5.91 Å². The molecule has 0 spiro atoms. The fraction of sp³-hybridized carbons (Fsp3) is 0.435. The number of rotatable bonds is 7. The number of hydrogen-bond acceptors (Lipinski definition) is 8. The van der Waals surface area contributed by atoms with E-state index in [2.05, 4.69) is 15.4 Å². The maximum absolute atomic E-state index is 13.4. The van der Waals surface area contributed by atoms with Gasteiger partial charge in [0.05, 0.1) is 23.1 Å². The van der Waals surface area contributed by atoms with E-state index in [1.807, 2.05) is 0 Å². The SMILES string of the molecule is COC(=O)c1ccc(NC(=O)N2CCN(S(=O)(=O)c3ccc(Cl)s3)C(C(=O)NCC3CCCO3)C2)cc1. The molecule has 2 aromatic rings. The lowest BCUT2D eigenvalue weighted by Gasteiger charge is -2.39. The maximum atomic E-state index is 13.4. The number of amides is 3. The number of urea groups is 1. The summed E-state index contributed by atoms with van der Waals surface area (Å²) in [7, 11) is -2.75. The fourth-order valence-electron chi connectivity index (χ4n) is 4.15. The van der Waals surface area contributed by atoms with Crippen LogP contribution >= 0.6 is 22.9 Å². The molecule has 2 N–H and O–H groups in total. The first-order valence-electron chi connectivity index (χ1n) is 11.6. The van der Waals surface area contributed by atoms with Gasteiger partial charge in [0, 0.05) is 38.5 Å². The molecule has 2 saturated heterocycles. The van der Waals surface area contributed by atoms with Gasteiger partial charge >= 0.3 is 12.0 Å². The van der Waals surface area contributed by atoms with Crippen LogP contribution in [0.4, 0.5) is 10.5 Å². The minimum atomic E-state index is -4.02. The second-order valence-corrected chi connectivity index (χ2v) is 12.3. The second kappa shape index (κ2) is 11.8. The molecule has 1 aromatic carbocycles. The van der Waals surface area contributed by atoms with Crippen molar-refractivity contribution in [2.75, 3.05) is 45.2 Å². The summed E-state index contributed by atoms with van der Waals surface area (Å²) in [4.78, 5) is 39.2. The molecule has 2 fully saturated rings. The van der Waals surface area contributed by atoms with Gasteiger partial charge in [0.1, 0.15) is 10.3 Å². The summed E-state index contributed by atoms with van der Waals surface area (Å²) >= 11 is 6.87. The zero-order chi connectivity index (χ0) is 26.6. The number of piperazine rings is 1. The van der Waals surface area contributed by atoms with E-state index in [4.69, 9.17) is 16.3 Å². The van der Waals surface area contributed by atoms with E-state index < -0.39 is 34.0 Å². The smallest absolute Gasteiger partial charge is 0.337 e. The normalized spacial score (nSPS) is 20.4. The summed E-state index contributed by atoms with van der Waals surface area (Å²) < 4.78 is 38.4. The Labute approximate surface area is 223 Å². The molecular weight excluding hydrogens is 544 g/mol. The van der Waals surface area contributed by atoms with E-state index in [1.165, 1.54) is 36.3 Å². The molecule has 0 saturated carbocycles. The first-order valence-corrected chi connectivity index (χ1v) is 14.2. The number of anilines is 1. The van der Waals surface area contributed by atoms with Crippen LogP contribution in [-0.2, 0) is 24.3 Å². The molecule has 37 heavy (non-hydrogen) atoms. The van der Waals surface area contributed by atoms with Crippen molar-refractivity contribution in [3.63, 3.8) is 0 Å². The molecule has 2 aliphatic heterocycles. The lowest BCUT2D eigenvalue weighted by Crippen LogP contribution is -2.62. The van der Waals surface area contributed by atoms with Crippen LogP contribution in [0.25, 0.3) is 0 Å². The third-order valence-corrected chi connectivity index (χ3v) is 9.72. The molecule has 11 nitrogen and oxygen atoms in total. The van der Waals surface area contributed by atoms with Gasteiger partial charge in [-0.05, 0) is 49.2 Å². The van der Waals surface area contributed by atoms with Crippen molar-refractivity contribution in [2.24, 2.45) is 0 Å². The topological polar surface area (TPSA) is 134 Å².